The van der Waals surface area contributed by atoms with Crippen LogP contribution in [0.5, 0.6) is 17.2 Å². The molecule has 3 heterocycles. The molecule has 160 valence electrons. The fourth-order valence-corrected chi connectivity index (χ4v) is 4.83. The van der Waals surface area contributed by atoms with Crippen LogP contribution in [0, 0.1) is 10.8 Å². The van der Waals surface area contributed by atoms with Gasteiger partial charge in [0.25, 0.3) is 0 Å². The Hall–Kier alpha value is -0.721. The van der Waals surface area contributed by atoms with Crippen molar-refractivity contribution in [1.82, 2.24) is 0 Å². The van der Waals surface area contributed by atoms with E-state index in [-0.39, 0.29) is 30.7 Å². The second kappa shape index (κ2) is 12.1. The van der Waals surface area contributed by atoms with Crippen molar-refractivity contribution in [2.24, 2.45) is 10.8 Å². The van der Waals surface area contributed by atoms with Crippen LogP contribution < -0.4 is 14.2 Å². The SMILES string of the molecule is CC(C)(CO)CO.CC1(C)COc2c[se]cc2OC1.COc1c[se]cc1CO. The number of aliphatic hydroxyl groups is 3. The fourth-order valence-electron chi connectivity index (χ4n) is 1.73. The van der Waals surface area contributed by atoms with E-state index in [1.807, 2.05) is 9.88 Å². The van der Waals surface area contributed by atoms with Crippen LogP contribution >= 0.6 is 0 Å². The van der Waals surface area contributed by atoms with Gasteiger partial charge in [-0.15, -0.1) is 0 Å². The zero-order valence-electron chi connectivity index (χ0n) is 17.2. The molecular weight excluding hydrogens is 494 g/mol. The number of hydrogen-bond donors (Lipinski definition) is 3. The third-order valence-corrected chi connectivity index (χ3v) is 6.86. The van der Waals surface area contributed by atoms with E-state index in [9.17, 15) is 0 Å². The molecular formula is C20H32O6Se2. The standard InChI is InChI=1S/C9H12O2Se.C6H8O2Se.C5H12O2/c1-9(2)5-10-7-3-12-4-8(7)11-6-9;1-8-6-4-9-3-5(6)2-7;1-5(2,3-6)4-7/h3-4H,5-6H2,1-2H3;3-4,7H,2H2,1H3;6-7H,3-4H2,1-2H3. The first kappa shape index (κ1) is 25.3. The topological polar surface area (TPSA) is 88.4 Å². The molecule has 0 fully saturated rings. The quantitative estimate of drug-likeness (QED) is 0.527. The van der Waals surface area contributed by atoms with E-state index in [1.54, 1.807) is 21.0 Å². The minimum atomic E-state index is -0.306. The molecule has 0 atom stereocenters. The van der Waals surface area contributed by atoms with Crippen LogP contribution in [0.25, 0.3) is 0 Å². The summed E-state index contributed by atoms with van der Waals surface area (Å²) < 4.78 is 16.2. The number of methoxy groups -OCH3 is 1. The molecule has 0 aromatic carbocycles. The van der Waals surface area contributed by atoms with Crippen molar-refractivity contribution < 1.29 is 29.5 Å². The number of aliphatic hydroxyl groups excluding tert-OH is 3. The van der Waals surface area contributed by atoms with Gasteiger partial charge in [0.15, 0.2) is 0 Å². The van der Waals surface area contributed by atoms with Crippen molar-refractivity contribution >= 4 is 29.0 Å². The molecule has 0 radical (unpaired) electrons. The molecule has 8 heteroatoms. The number of hydrogen-bond acceptors (Lipinski definition) is 6. The van der Waals surface area contributed by atoms with Crippen molar-refractivity contribution in [1.29, 1.82) is 0 Å². The van der Waals surface area contributed by atoms with Gasteiger partial charge in [0.05, 0.1) is 13.2 Å². The van der Waals surface area contributed by atoms with Crippen molar-refractivity contribution in [2.45, 2.75) is 34.3 Å². The van der Waals surface area contributed by atoms with Crippen molar-refractivity contribution in [3.63, 3.8) is 0 Å². The third-order valence-electron chi connectivity index (χ3n) is 3.78. The van der Waals surface area contributed by atoms with E-state index in [1.165, 1.54) is 0 Å². The minimum absolute atomic E-state index is 0.0451. The first-order valence-corrected chi connectivity index (χ1v) is 12.9. The molecule has 0 amide bonds. The van der Waals surface area contributed by atoms with E-state index in [4.69, 9.17) is 29.5 Å². The first-order valence-electron chi connectivity index (χ1n) is 8.91. The summed E-state index contributed by atoms with van der Waals surface area (Å²) in [7, 11) is 1.62. The Kier molecular flexibility index (Phi) is 10.9. The van der Waals surface area contributed by atoms with Gasteiger partial charge in [0, 0.05) is 5.41 Å². The van der Waals surface area contributed by atoms with Crippen LogP contribution in [0.3, 0.4) is 0 Å². The van der Waals surface area contributed by atoms with Gasteiger partial charge in [-0.3, -0.25) is 0 Å². The van der Waals surface area contributed by atoms with Crippen LogP contribution in [-0.4, -0.2) is 77.9 Å². The summed E-state index contributed by atoms with van der Waals surface area (Å²) in [5.41, 5.74) is 0.761. The van der Waals surface area contributed by atoms with Gasteiger partial charge >= 0.3 is 137 Å². The predicted octanol–water partition coefficient (Wildman–Crippen LogP) is 1.78. The van der Waals surface area contributed by atoms with Crippen LogP contribution in [0.4, 0.5) is 0 Å². The number of fused-ring (bicyclic) bond motifs is 1. The average molecular weight is 526 g/mol. The number of ether oxygens (including phenoxy) is 3. The summed E-state index contributed by atoms with van der Waals surface area (Å²) in [6, 6.07) is 0. The molecule has 0 unspecified atom stereocenters. The van der Waals surface area contributed by atoms with Gasteiger partial charge in [0.1, 0.15) is 0 Å². The molecule has 28 heavy (non-hydrogen) atoms. The van der Waals surface area contributed by atoms with Crippen molar-refractivity contribution in [3.05, 3.63) is 25.3 Å². The maximum absolute atomic E-state index is 8.69. The Bertz CT molecular complexity index is 629. The van der Waals surface area contributed by atoms with Gasteiger partial charge in [-0.1, -0.05) is 13.8 Å². The maximum atomic E-state index is 8.69. The van der Waals surface area contributed by atoms with Gasteiger partial charge < -0.3 is 10.2 Å². The normalized spacial score (nSPS) is 14.7. The summed E-state index contributed by atoms with van der Waals surface area (Å²) >= 11 is 0.857. The molecule has 1 aliphatic heterocycles. The van der Waals surface area contributed by atoms with Crippen LogP contribution in [-0.2, 0) is 6.61 Å². The summed E-state index contributed by atoms with van der Waals surface area (Å²) in [5, 5.41) is 25.6. The van der Waals surface area contributed by atoms with E-state index in [0.29, 0.717) is 29.0 Å². The van der Waals surface area contributed by atoms with Crippen molar-refractivity contribution in [2.75, 3.05) is 33.5 Å². The average Bonchev–Trinajstić information content (AvgIpc) is 3.31. The second-order valence-electron chi connectivity index (χ2n) is 7.95. The molecule has 3 N–H and O–H groups in total. The van der Waals surface area contributed by atoms with Gasteiger partial charge in [-0.2, -0.15) is 0 Å². The molecule has 0 aliphatic carbocycles. The van der Waals surface area contributed by atoms with Gasteiger partial charge in [0.2, 0.25) is 0 Å². The summed E-state index contributed by atoms with van der Waals surface area (Å²) in [6.07, 6.45) is 0. The van der Waals surface area contributed by atoms with E-state index in [2.05, 4.69) is 23.7 Å². The Labute approximate surface area is 179 Å². The Balaban J connectivity index is 0.000000220. The molecule has 2 aromatic rings. The van der Waals surface area contributed by atoms with Gasteiger partial charge in [-0.05, 0) is 0 Å². The first-order chi connectivity index (χ1) is 13.2. The monoisotopic (exact) mass is 528 g/mol. The predicted molar refractivity (Wildman–Crippen MR) is 112 cm³/mol. The Morgan fingerprint density at radius 1 is 0.964 bits per heavy atom. The van der Waals surface area contributed by atoms with Gasteiger partial charge in [-0.25, -0.2) is 0 Å². The summed E-state index contributed by atoms with van der Waals surface area (Å²) in [6.45, 7) is 9.60. The van der Waals surface area contributed by atoms with E-state index >= 15 is 0 Å². The van der Waals surface area contributed by atoms with Crippen LogP contribution in [0.1, 0.15) is 33.3 Å². The summed E-state index contributed by atoms with van der Waals surface area (Å²) in [4.78, 5) is 8.29. The molecule has 0 bridgehead atoms. The van der Waals surface area contributed by atoms with E-state index < -0.39 is 0 Å². The van der Waals surface area contributed by atoms with E-state index in [0.717, 1.165) is 36.0 Å². The third kappa shape index (κ3) is 8.75. The van der Waals surface area contributed by atoms with Crippen LogP contribution in [0.2, 0.25) is 0 Å². The zero-order valence-corrected chi connectivity index (χ0v) is 20.7. The van der Waals surface area contributed by atoms with Crippen molar-refractivity contribution in [3.8, 4) is 17.2 Å². The Morgan fingerprint density at radius 3 is 1.82 bits per heavy atom. The van der Waals surface area contributed by atoms with Crippen LogP contribution in [0.15, 0.2) is 19.8 Å². The molecule has 1 aliphatic rings. The molecule has 0 spiro atoms. The summed E-state index contributed by atoms with van der Waals surface area (Å²) in [5.74, 6) is 2.76. The molecule has 0 saturated carbocycles. The number of rotatable bonds is 4. The Morgan fingerprint density at radius 2 is 1.46 bits per heavy atom. The zero-order chi connectivity index (χ0) is 21.2. The second-order valence-corrected chi connectivity index (χ2v) is 11.1. The molecule has 0 saturated heterocycles. The molecule has 3 rings (SSSR count). The fraction of sp³-hybridized carbons (Fsp3) is 0.600. The molecule has 2 aromatic heterocycles. The molecule has 6 nitrogen and oxygen atoms in total.